The van der Waals surface area contributed by atoms with Crippen LogP contribution in [-0.2, 0) is 4.74 Å². The summed E-state index contributed by atoms with van der Waals surface area (Å²) in [5.41, 5.74) is 0. The molecule has 1 aliphatic rings. The van der Waals surface area contributed by atoms with E-state index in [1.54, 1.807) is 0 Å². The molecule has 1 atom stereocenters. The number of rotatable bonds is 1. The van der Waals surface area contributed by atoms with Gasteiger partial charge in [-0.3, -0.25) is 0 Å². The predicted octanol–water partition coefficient (Wildman–Crippen LogP) is 1.60. The van der Waals surface area contributed by atoms with Crippen LogP contribution in [0.15, 0.2) is 12.2 Å². The number of ether oxygens (including phenoxy) is 1. The molecule has 1 fully saturated rings. The van der Waals surface area contributed by atoms with Gasteiger partial charge in [0.05, 0.1) is 6.61 Å². The van der Waals surface area contributed by atoms with E-state index in [4.69, 9.17) is 4.74 Å². The molecule has 1 heterocycles. The van der Waals surface area contributed by atoms with E-state index in [-0.39, 0.29) is 0 Å². The van der Waals surface area contributed by atoms with Crippen molar-refractivity contribution < 1.29 is 4.74 Å². The van der Waals surface area contributed by atoms with E-state index in [1.807, 2.05) is 0 Å². The largest absolute Gasteiger partial charge is 0.381 e. The highest BCUT2D eigenvalue weighted by molar-refractivity contribution is 4.87. The molecular formula is C7H12O. The molecule has 8 heavy (non-hydrogen) atoms. The molecule has 1 unspecified atom stereocenters. The van der Waals surface area contributed by atoms with Gasteiger partial charge in [0, 0.05) is 12.5 Å². The first-order valence-electron chi connectivity index (χ1n) is 3.14. The molecule has 1 aliphatic heterocycles. The Bertz CT molecular complexity index is 80.4. The lowest BCUT2D eigenvalue weighted by Crippen LogP contribution is -1.91. The molecule has 0 radical (unpaired) electrons. The Kier molecular flexibility index (Phi) is 2.10. The van der Waals surface area contributed by atoms with Crippen molar-refractivity contribution in [1.82, 2.24) is 0 Å². The Hall–Kier alpha value is -0.300. The first kappa shape index (κ1) is 5.83. The minimum absolute atomic E-state index is 0.708. The van der Waals surface area contributed by atoms with Crippen LogP contribution in [0.1, 0.15) is 13.3 Å². The van der Waals surface area contributed by atoms with E-state index in [2.05, 4.69) is 19.1 Å². The monoisotopic (exact) mass is 112 g/mol. The first-order chi connectivity index (χ1) is 3.93. The van der Waals surface area contributed by atoms with Crippen molar-refractivity contribution in [2.45, 2.75) is 13.3 Å². The summed E-state index contributed by atoms with van der Waals surface area (Å²) in [4.78, 5) is 0. The van der Waals surface area contributed by atoms with Gasteiger partial charge in [-0.1, -0.05) is 12.2 Å². The van der Waals surface area contributed by atoms with Crippen LogP contribution in [0.2, 0.25) is 0 Å². The summed E-state index contributed by atoms with van der Waals surface area (Å²) in [6.07, 6.45) is 5.52. The van der Waals surface area contributed by atoms with Crippen molar-refractivity contribution in [2.24, 2.45) is 5.92 Å². The van der Waals surface area contributed by atoms with Crippen molar-refractivity contribution in [3.63, 3.8) is 0 Å². The lowest BCUT2D eigenvalue weighted by atomic mass is 10.1. The van der Waals surface area contributed by atoms with Crippen LogP contribution in [0.25, 0.3) is 0 Å². The second kappa shape index (κ2) is 2.88. The van der Waals surface area contributed by atoms with Crippen LogP contribution in [0.3, 0.4) is 0 Å². The van der Waals surface area contributed by atoms with Crippen LogP contribution in [-0.4, -0.2) is 13.2 Å². The molecule has 1 saturated heterocycles. The van der Waals surface area contributed by atoms with Crippen molar-refractivity contribution in [3.8, 4) is 0 Å². The maximum Gasteiger partial charge on any atom is 0.0529 e. The molecule has 1 rings (SSSR count). The lowest BCUT2D eigenvalue weighted by Gasteiger charge is -1.94. The third kappa shape index (κ3) is 1.34. The maximum absolute atomic E-state index is 5.16. The van der Waals surface area contributed by atoms with Crippen molar-refractivity contribution in [2.75, 3.05) is 13.2 Å². The van der Waals surface area contributed by atoms with Crippen molar-refractivity contribution >= 4 is 0 Å². The molecule has 0 aromatic heterocycles. The third-order valence-electron chi connectivity index (χ3n) is 1.43. The number of allylic oxidation sites excluding steroid dienone is 1. The van der Waals surface area contributed by atoms with E-state index in [0.29, 0.717) is 5.92 Å². The van der Waals surface area contributed by atoms with E-state index < -0.39 is 0 Å². The number of hydrogen-bond acceptors (Lipinski definition) is 1. The SMILES string of the molecule is C/C=C\C1CCOC1. The lowest BCUT2D eigenvalue weighted by molar-refractivity contribution is 0.191. The molecule has 0 N–H and O–H groups in total. The zero-order valence-corrected chi connectivity index (χ0v) is 5.26. The van der Waals surface area contributed by atoms with Gasteiger partial charge in [0.1, 0.15) is 0 Å². The van der Waals surface area contributed by atoms with Crippen LogP contribution in [0, 0.1) is 5.92 Å². The Morgan fingerprint density at radius 2 is 2.50 bits per heavy atom. The quantitative estimate of drug-likeness (QED) is 0.468. The van der Waals surface area contributed by atoms with Crippen LogP contribution < -0.4 is 0 Å². The summed E-state index contributed by atoms with van der Waals surface area (Å²) in [5.74, 6) is 0.708. The normalized spacial score (nSPS) is 29.9. The van der Waals surface area contributed by atoms with E-state index in [9.17, 15) is 0 Å². The smallest absolute Gasteiger partial charge is 0.0529 e. The second-order valence-corrected chi connectivity index (χ2v) is 2.15. The van der Waals surface area contributed by atoms with Gasteiger partial charge in [-0.05, 0) is 13.3 Å². The zero-order chi connectivity index (χ0) is 5.82. The fourth-order valence-electron chi connectivity index (χ4n) is 0.977. The fraction of sp³-hybridized carbons (Fsp3) is 0.714. The Balaban J connectivity index is 2.24. The van der Waals surface area contributed by atoms with Crippen molar-refractivity contribution in [1.29, 1.82) is 0 Å². The topological polar surface area (TPSA) is 9.23 Å². The highest BCUT2D eigenvalue weighted by Crippen LogP contribution is 2.12. The summed E-state index contributed by atoms with van der Waals surface area (Å²) in [6, 6.07) is 0. The molecule has 0 spiro atoms. The summed E-state index contributed by atoms with van der Waals surface area (Å²) >= 11 is 0. The van der Waals surface area contributed by atoms with Crippen LogP contribution >= 0.6 is 0 Å². The molecule has 0 aromatic carbocycles. The van der Waals surface area contributed by atoms with Gasteiger partial charge >= 0.3 is 0 Å². The number of hydrogen-bond donors (Lipinski definition) is 0. The second-order valence-electron chi connectivity index (χ2n) is 2.15. The molecule has 0 bridgehead atoms. The summed E-state index contributed by atoms with van der Waals surface area (Å²) in [7, 11) is 0. The average molecular weight is 112 g/mol. The standard InChI is InChI=1S/C7H12O/c1-2-3-7-4-5-8-6-7/h2-3,7H,4-6H2,1H3/b3-2-. The molecule has 1 nitrogen and oxygen atoms in total. The highest BCUT2D eigenvalue weighted by atomic mass is 16.5. The van der Waals surface area contributed by atoms with E-state index >= 15 is 0 Å². The average Bonchev–Trinajstić information content (AvgIpc) is 2.19. The zero-order valence-electron chi connectivity index (χ0n) is 5.26. The minimum atomic E-state index is 0.708. The summed E-state index contributed by atoms with van der Waals surface area (Å²) in [5, 5.41) is 0. The third-order valence-corrected chi connectivity index (χ3v) is 1.43. The molecule has 0 saturated carbocycles. The molecular weight excluding hydrogens is 100 g/mol. The maximum atomic E-state index is 5.16. The molecule has 0 amide bonds. The predicted molar refractivity (Wildman–Crippen MR) is 33.7 cm³/mol. The first-order valence-corrected chi connectivity index (χ1v) is 3.14. The van der Waals surface area contributed by atoms with Crippen LogP contribution in [0.5, 0.6) is 0 Å². The molecule has 0 aliphatic carbocycles. The Labute approximate surface area is 50.3 Å². The summed E-state index contributed by atoms with van der Waals surface area (Å²) in [6.45, 7) is 3.94. The van der Waals surface area contributed by atoms with Crippen molar-refractivity contribution in [3.05, 3.63) is 12.2 Å². The van der Waals surface area contributed by atoms with Gasteiger partial charge in [0.15, 0.2) is 0 Å². The molecule has 1 heteroatoms. The van der Waals surface area contributed by atoms with E-state index in [0.717, 1.165) is 13.2 Å². The van der Waals surface area contributed by atoms with Gasteiger partial charge in [0.25, 0.3) is 0 Å². The van der Waals surface area contributed by atoms with Gasteiger partial charge in [0.2, 0.25) is 0 Å². The molecule has 0 aromatic rings. The van der Waals surface area contributed by atoms with Crippen LogP contribution in [0.4, 0.5) is 0 Å². The highest BCUT2D eigenvalue weighted by Gasteiger charge is 2.10. The van der Waals surface area contributed by atoms with E-state index in [1.165, 1.54) is 6.42 Å². The molecule has 46 valence electrons. The summed E-state index contributed by atoms with van der Waals surface area (Å²) < 4.78 is 5.16. The minimum Gasteiger partial charge on any atom is -0.381 e. The van der Waals surface area contributed by atoms with Gasteiger partial charge in [-0.25, -0.2) is 0 Å². The Morgan fingerprint density at radius 3 is 3.00 bits per heavy atom. The van der Waals surface area contributed by atoms with Gasteiger partial charge in [-0.15, -0.1) is 0 Å². The Morgan fingerprint density at radius 1 is 1.62 bits per heavy atom. The van der Waals surface area contributed by atoms with Gasteiger partial charge in [-0.2, -0.15) is 0 Å². The van der Waals surface area contributed by atoms with Gasteiger partial charge < -0.3 is 4.74 Å². The fourth-order valence-corrected chi connectivity index (χ4v) is 0.977.